The Labute approximate surface area is 191 Å². The van der Waals surface area contributed by atoms with Crippen molar-refractivity contribution in [2.75, 3.05) is 12.4 Å². The van der Waals surface area contributed by atoms with E-state index in [2.05, 4.69) is 29.6 Å². The minimum Gasteiger partial charge on any atom is -0.496 e. The summed E-state index contributed by atoms with van der Waals surface area (Å²) in [5.41, 5.74) is 11.6. The fraction of sp³-hybridized carbons (Fsp3) is 0.111. The van der Waals surface area contributed by atoms with E-state index in [1.807, 2.05) is 26.0 Å². The molecule has 0 radical (unpaired) electrons. The number of benzene rings is 3. The Bertz CT molecular complexity index is 1360. The van der Waals surface area contributed by atoms with Crippen LogP contribution < -0.4 is 15.8 Å². The quantitative estimate of drug-likeness (QED) is 0.384. The summed E-state index contributed by atoms with van der Waals surface area (Å²) in [5, 5.41) is 3.73. The molecule has 0 fully saturated rings. The Morgan fingerprint density at radius 2 is 1.73 bits per heavy atom. The highest BCUT2D eigenvalue weighted by molar-refractivity contribution is 6.05. The summed E-state index contributed by atoms with van der Waals surface area (Å²) >= 11 is 0. The van der Waals surface area contributed by atoms with Crippen molar-refractivity contribution >= 4 is 34.0 Å². The number of hydrogen-bond acceptors (Lipinski definition) is 4. The number of furan rings is 1. The molecule has 0 aliphatic carbocycles. The molecule has 6 nitrogen and oxygen atoms in total. The van der Waals surface area contributed by atoms with Gasteiger partial charge in [-0.3, -0.25) is 9.59 Å². The summed E-state index contributed by atoms with van der Waals surface area (Å²) < 4.78 is 11.4. The van der Waals surface area contributed by atoms with E-state index in [0.29, 0.717) is 22.6 Å². The Balaban J connectivity index is 1.65. The number of fused-ring (bicyclic) bond motifs is 1. The lowest BCUT2D eigenvalue weighted by atomic mass is 9.99. The highest BCUT2D eigenvalue weighted by atomic mass is 16.5. The third-order valence-corrected chi connectivity index (χ3v) is 5.47. The molecule has 33 heavy (non-hydrogen) atoms. The van der Waals surface area contributed by atoms with Crippen LogP contribution in [-0.4, -0.2) is 18.9 Å². The van der Waals surface area contributed by atoms with E-state index in [4.69, 9.17) is 14.9 Å². The Hall–Kier alpha value is -4.32. The number of aryl methyl sites for hydroxylation is 1. The number of carbonyl (C=O) groups is 2. The van der Waals surface area contributed by atoms with Crippen molar-refractivity contribution in [2.24, 2.45) is 5.73 Å². The number of primary amides is 1. The third kappa shape index (κ3) is 4.65. The van der Waals surface area contributed by atoms with Crippen LogP contribution in [0.1, 0.15) is 28.4 Å². The predicted molar refractivity (Wildman–Crippen MR) is 130 cm³/mol. The number of allylic oxidation sites excluding steroid dienone is 1. The topological polar surface area (TPSA) is 94.6 Å². The van der Waals surface area contributed by atoms with Crippen molar-refractivity contribution in [3.63, 3.8) is 0 Å². The van der Waals surface area contributed by atoms with Crippen LogP contribution in [0.15, 0.2) is 77.4 Å². The Kier molecular flexibility index (Phi) is 6.00. The third-order valence-electron chi connectivity index (χ3n) is 5.47. The van der Waals surface area contributed by atoms with E-state index < -0.39 is 5.91 Å². The first-order valence-electron chi connectivity index (χ1n) is 10.4. The number of amides is 2. The van der Waals surface area contributed by atoms with E-state index in [1.165, 1.54) is 11.6 Å². The van der Waals surface area contributed by atoms with Crippen molar-refractivity contribution in [3.8, 4) is 16.9 Å². The minimum atomic E-state index is -0.518. The van der Waals surface area contributed by atoms with Gasteiger partial charge in [-0.15, -0.1) is 0 Å². The van der Waals surface area contributed by atoms with Gasteiger partial charge in [0.1, 0.15) is 11.3 Å². The smallest absolute Gasteiger partial charge is 0.248 e. The van der Waals surface area contributed by atoms with Crippen molar-refractivity contribution < 1.29 is 18.7 Å². The fourth-order valence-corrected chi connectivity index (χ4v) is 3.66. The zero-order valence-electron chi connectivity index (χ0n) is 18.6. The van der Waals surface area contributed by atoms with Gasteiger partial charge in [0, 0.05) is 39.9 Å². The standard InChI is InChI=1S/C27H24N2O4/c1-16-4-6-18(7-5-16)23-15-33-25-14-24(32-3)21(13-22(23)25)17(2)12-26(30)29-20-10-8-19(9-11-20)27(28)31/h4-15H,1-3H3,(H2,28,31)(H,29,30)/b17-12+. The minimum absolute atomic E-state index is 0.299. The first kappa shape index (κ1) is 21.9. The highest BCUT2D eigenvalue weighted by Crippen LogP contribution is 2.37. The molecule has 166 valence electrons. The van der Waals surface area contributed by atoms with Crippen LogP contribution in [0.4, 0.5) is 5.69 Å². The van der Waals surface area contributed by atoms with Crippen LogP contribution in [0.3, 0.4) is 0 Å². The van der Waals surface area contributed by atoms with Gasteiger partial charge in [-0.1, -0.05) is 29.8 Å². The van der Waals surface area contributed by atoms with E-state index in [0.717, 1.165) is 27.6 Å². The summed E-state index contributed by atoms with van der Waals surface area (Å²) in [6, 6.07) is 18.4. The van der Waals surface area contributed by atoms with E-state index >= 15 is 0 Å². The second kappa shape index (κ2) is 9.04. The average molecular weight is 440 g/mol. The number of carbonyl (C=O) groups excluding carboxylic acids is 2. The molecule has 0 saturated carbocycles. The largest absolute Gasteiger partial charge is 0.496 e. The highest BCUT2D eigenvalue weighted by Gasteiger charge is 2.15. The summed E-state index contributed by atoms with van der Waals surface area (Å²) in [6.45, 7) is 3.90. The summed E-state index contributed by atoms with van der Waals surface area (Å²) in [6.07, 6.45) is 3.25. The number of rotatable bonds is 6. The molecule has 4 rings (SSSR count). The molecule has 1 heterocycles. The zero-order valence-corrected chi connectivity index (χ0v) is 18.6. The molecule has 0 bridgehead atoms. The second-order valence-electron chi connectivity index (χ2n) is 7.82. The lowest BCUT2D eigenvalue weighted by Gasteiger charge is -2.10. The average Bonchev–Trinajstić information content (AvgIpc) is 3.21. The molecule has 0 spiro atoms. The van der Waals surface area contributed by atoms with Gasteiger partial charge in [-0.25, -0.2) is 0 Å². The lowest BCUT2D eigenvalue weighted by Crippen LogP contribution is -2.12. The molecule has 4 aromatic rings. The monoisotopic (exact) mass is 440 g/mol. The number of nitrogens with one attached hydrogen (secondary N) is 1. The molecule has 0 saturated heterocycles. The zero-order chi connectivity index (χ0) is 23.5. The summed E-state index contributed by atoms with van der Waals surface area (Å²) in [5.74, 6) is -0.206. The maximum Gasteiger partial charge on any atom is 0.248 e. The number of nitrogens with two attached hydrogens (primary N) is 1. The molecular formula is C27H24N2O4. The number of methoxy groups -OCH3 is 1. The van der Waals surface area contributed by atoms with Gasteiger partial charge < -0.3 is 20.2 Å². The SMILES string of the molecule is COc1cc2occ(-c3ccc(C)cc3)c2cc1/C(C)=C/C(=O)Nc1ccc(C(N)=O)cc1. The van der Waals surface area contributed by atoms with Crippen LogP contribution in [0.2, 0.25) is 0 Å². The molecule has 0 atom stereocenters. The summed E-state index contributed by atoms with van der Waals surface area (Å²) in [4.78, 5) is 23.8. The van der Waals surface area contributed by atoms with Gasteiger partial charge >= 0.3 is 0 Å². The molecule has 1 aromatic heterocycles. The Morgan fingerprint density at radius 1 is 1.03 bits per heavy atom. The van der Waals surface area contributed by atoms with Gasteiger partial charge in [0.05, 0.1) is 13.4 Å². The molecule has 0 aliphatic rings. The van der Waals surface area contributed by atoms with Gasteiger partial charge in [0.25, 0.3) is 0 Å². The molecule has 2 amide bonds. The van der Waals surface area contributed by atoms with Crippen molar-refractivity contribution in [3.05, 3.63) is 89.7 Å². The summed E-state index contributed by atoms with van der Waals surface area (Å²) in [7, 11) is 1.59. The molecule has 0 aliphatic heterocycles. The first-order chi connectivity index (χ1) is 15.9. The van der Waals surface area contributed by atoms with Crippen molar-refractivity contribution in [1.82, 2.24) is 0 Å². The van der Waals surface area contributed by atoms with Crippen molar-refractivity contribution in [1.29, 1.82) is 0 Å². The molecule has 6 heteroatoms. The van der Waals surface area contributed by atoms with E-state index in [1.54, 1.807) is 37.6 Å². The van der Waals surface area contributed by atoms with Crippen molar-refractivity contribution in [2.45, 2.75) is 13.8 Å². The van der Waals surface area contributed by atoms with Crippen LogP contribution in [0, 0.1) is 6.92 Å². The normalized spacial score (nSPS) is 11.4. The second-order valence-corrected chi connectivity index (χ2v) is 7.82. The number of hydrogen-bond donors (Lipinski definition) is 2. The van der Waals surface area contributed by atoms with E-state index in [-0.39, 0.29) is 5.91 Å². The number of ether oxygens (including phenoxy) is 1. The van der Waals surface area contributed by atoms with Gasteiger partial charge in [0.15, 0.2) is 0 Å². The van der Waals surface area contributed by atoms with Gasteiger partial charge in [-0.05, 0) is 55.3 Å². The maximum absolute atomic E-state index is 12.6. The van der Waals surface area contributed by atoms with Gasteiger partial charge in [-0.2, -0.15) is 0 Å². The van der Waals surface area contributed by atoms with E-state index in [9.17, 15) is 9.59 Å². The fourth-order valence-electron chi connectivity index (χ4n) is 3.66. The molecule has 3 N–H and O–H groups in total. The molecule has 3 aromatic carbocycles. The lowest BCUT2D eigenvalue weighted by molar-refractivity contribution is -0.111. The predicted octanol–water partition coefficient (Wildman–Crippen LogP) is 5.56. The maximum atomic E-state index is 12.6. The van der Waals surface area contributed by atoms with Gasteiger partial charge in [0.2, 0.25) is 11.8 Å². The number of anilines is 1. The van der Waals surface area contributed by atoms with Crippen LogP contribution in [0.5, 0.6) is 5.75 Å². The van der Waals surface area contributed by atoms with Crippen LogP contribution in [-0.2, 0) is 4.79 Å². The Morgan fingerprint density at radius 3 is 2.36 bits per heavy atom. The van der Waals surface area contributed by atoms with Crippen LogP contribution >= 0.6 is 0 Å². The molecule has 0 unspecified atom stereocenters. The van der Waals surface area contributed by atoms with Crippen LogP contribution in [0.25, 0.3) is 27.7 Å². The first-order valence-corrected chi connectivity index (χ1v) is 10.4. The molecular weight excluding hydrogens is 416 g/mol.